The van der Waals surface area contributed by atoms with E-state index in [1.807, 2.05) is 0 Å². The Bertz CT molecular complexity index is 159. The lowest BCUT2D eigenvalue weighted by atomic mass is 9.93. The van der Waals surface area contributed by atoms with E-state index in [0.29, 0.717) is 0 Å². The molecule has 1 unspecified atom stereocenters. The number of hydrogen-bond acceptors (Lipinski definition) is 0. The van der Waals surface area contributed by atoms with E-state index in [1.54, 1.807) is 0 Å². The highest BCUT2D eigenvalue weighted by Gasteiger charge is 2.24. The van der Waals surface area contributed by atoms with Crippen LogP contribution in [0.15, 0.2) is 0 Å². The normalized spacial score (nSPS) is 14.2. The van der Waals surface area contributed by atoms with E-state index in [9.17, 15) is 0 Å². The molecule has 0 spiro atoms. The van der Waals surface area contributed by atoms with Crippen LogP contribution in [0.25, 0.3) is 0 Å². The van der Waals surface area contributed by atoms with Crippen molar-refractivity contribution in [1.29, 1.82) is 0 Å². The highest BCUT2D eigenvalue weighted by molar-refractivity contribution is 5.15. The van der Waals surface area contributed by atoms with Crippen molar-refractivity contribution in [2.45, 2.75) is 58.9 Å². The van der Waals surface area contributed by atoms with Gasteiger partial charge in [-0.3, -0.25) is 0 Å². The molecule has 1 heteroatoms. The van der Waals surface area contributed by atoms with Gasteiger partial charge in [0.25, 0.3) is 0 Å². The quantitative estimate of drug-likeness (QED) is 0.440. The summed E-state index contributed by atoms with van der Waals surface area (Å²) in [5.41, 5.74) is 0.257. The molecule has 0 aromatic carbocycles. The van der Waals surface area contributed by atoms with Gasteiger partial charge in [0.1, 0.15) is 13.8 Å². The molecule has 0 rings (SSSR count). The molecule has 1 nitrogen and oxygen atoms in total. The van der Waals surface area contributed by atoms with Gasteiger partial charge in [-0.1, -0.05) is 26.7 Å². The van der Waals surface area contributed by atoms with Crippen LogP contribution in [0.4, 0.5) is 0 Å². The zero-order valence-electron chi connectivity index (χ0n) is 10.1. The predicted molar refractivity (Wildman–Crippen MR) is 60.7 cm³/mol. The zero-order chi connectivity index (χ0) is 10.5. The average molecular weight is 184 g/mol. The van der Waals surface area contributed by atoms with Gasteiger partial charge in [-0.25, -0.2) is 4.58 Å². The van der Waals surface area contributed by atoms with Crippen molar-refractivity contribution < 1.29 is 4.58 Å². The lowest BCUT2D eigenvalue weighted by Gasteiger charge is -2.20. The second-order valence-electron chi connectivity index (χ2n) is 4.92. The average Bonchev–Trinajstić information content (AvgIpc) is 2.03. The number of hydrogen-bond donors (Lipinski definition) is 0. The molecule has 0 saturated heterocycles. The molecule has 78 valence electrons. The lowest BCUT2D eigenvalue weighted by molar-refractivity contribution is -0.568. The third-order valence-electron chi connectivity index (χ3n) is 3.22. The van der Waals surface area contributed by atoms with Crippen LogP contribution in [0.1, 0.15) is 53.4 Å². The van der Waals surface area contributed by atoms with Gasteiger partial charge in [0.15, 0.2) is 5.54 Å². The fourth-order valence-electron chi connectivity index (χ4n) is 1.28. The highest BCUT2D eigenvalue weighted by atomic mass is 15.0. The smallest absolute Gasteiger partial charge is 0.156 e. The minimum atomic E-state index is 0.257. The summed E-state index contributed by atoms with van der Waals surface area (Å²) in [7, 11) is 2.06. The molecule has 0 aliphatic rings. The van der Waals surface area contributed by atoms with Crippen molar-refractivity contribution in [2.24, 2.45) is 5.92 Å². The van der Waals surface area contributed by atoms with Gasteiger partial charge in [0, 0.05) is 6.42 Å². The summed E-state index contributed by atoms with van der Waals surface area (Å²) in [6.45, 7) is 13.1. The van der Waals surface area contributed by atoms with E-state index >= 15 is 0 Å². The largest absolute Gasteiger partial charge is 0.240 e. The van der Waals surface area contributed by atoms with Crippen LogP contribution in [-0.2, 0) is 0 Å². The summed E-state index contributed by atoms with van der Waals surface area (Å²) in [6.07, 6.45) is 5.23. The molecule has 0 aromatic heterocycles. The first-order chi connectivity index (χ1) is 5.90. The van der Waals surface area contributed by atoms with Gasteiger partial charge in [0.2, 0.25) is 0 Å². The zero-order valence-corrected chi connectivity index (χ0v) is 10.1. The molecular formula is C12H26N+. The molecule has 0 amide bonds. The molecule has 0 heterocycles. The maximum atomic E-state index is 3.96. The first kappa shape index (κ1) is 12.7. The summed E-state index contributed by atoms with van der Waals surface area (Å²) in [5.74, 6) is 0.880. The molecule has 0 aromatic rings. The van der Waals surface area contributed by atoms with Crippen LogP contribution in [0.3, 0.4) is 0 Å². The Morgan fingerprint density at radius 2 is 1.92 bits per heavy atom. The Balaban J connectivity index is 3.70. The summed E-state index contributed by atoms with van der Waals surface area (Å²) >= 11 is 0. The van der Waals surface area contributed by atoms with E-state index < -0.39 is 0 Å². The maximum Gasteiger partial charge on any atom is 0.156 e. The molecule has 0 aliphatic carbocycles. The number of nitrogens with zero attached hydrogens (tertiary/aromatic N) is 1. The molecule has 0 bridgehead atoms. The fraction of sp³-hybridized carbons (Fsp3) is 0.917. The maximum absolute atomic E-state index is 3.96. The van der Waals surface area contributed by atoms with Crippen molar-refractivity contribution in [3.63, 3.8) is 0 Å². The minimum Gasteiger partial charge on any atom is -0.240 e. The predicted octanol–water partition coefficient (Wildman–Crippen LogP) is 3.32. The third kappa shape index (κ3) is 5.07. The summed E-state index contributed by atoms with van der Waals surface area (Å²) in [5, 5.41) is 0. The van der Waals surface area contributed by atoms with Gasteiger partial charge in [-0.15, -0.1) is 0 Å². The monoisotopic (exact) mass is 184 g/mol. The van der Waals surface area contributed by atoms with Gasteiger partial charge in [-0.2, -0.15) is 0 Å². The number of rotatable bonds is 6. The van der Waals surface area contributed by atoms with E-state index in [-0.39, 0.29) is 5.54 Å². The molecule has 0 N–H and O–H groups in total. The Kier molecular flexibility index (Phi) is 5.27. The van der Waals surface area contributed by atoms with E-state index in [1.165, 1.54) is 25.7 Å². The van der Waals surface area contributed by atoms with Gasteiger partial charge in [-0.05, 0) is 26.2 Å². The Hall–Kier alpha value is -0.330. The van der Waals surface area contributed by atoms with Crippen LogP contribution in [0, 0.1) is 5.92 Å². The van der Waals surface area contributed by atoms with Crippen molar-refractivity contribution in [3.8, 4) is 0 Å². The van der Waals surface area contributed by atoms with E-state index in [0.717, 1.165) is 5.92 Å². The van der Waals surface area contributed by atoms with Crippen LogP contribution in [0.5, 0.6) is 0 Å². The van der Waals surface area contributed by atoms with E-state index in [2.05, 4.69) is 46.0 Å². The highest BCUT2D eigenvalue weighted by Crippen LogP contribution is 2.19. The molecule has 0 fully saturated rings. The first-order valence-electron chi connectivity index (χ1n) is 5.44. The second-order valence-corrected chi connectivity index (χ2v) is 4.92. The third-order valence-corrected chi connectivity index (χ3v) is 3.22. The molecular weight excluding hydrogens is 158 g/mol. The van der Waals surface area contributed by atoms with Crippen molar-refractivity contribution in [2.75, 3.05) is 7.05 Å². The van der Waals surface area contributed by atoms with Crippen LogP contribution in [0.2, 0.25) is 0 Å². The Morgan fingerprint density at radius 3 is 2.31 bits per heavy atom. The molecule has 0 aliphatic heterocycles. The summed E-state index contributed by atoms with van der Waals surface area (Å²) in [6, 6.07) is 0. The molecule has 1 atom stereocenters. The second kappa shape index (κ2) is 5.41. The van der Waals surface area contributed by atoms with Gasteiger partial charge in [0.05, 0.1) is 0 Å². The standard InChI is InChI=1S/C12H26N/c1-7-11(2)9-8-10-12(3,4)13(5)6/h11H,5,7-10H2,1-4,6H3/q+1. The van der Waals surface area contributed by atoms with Crippen LogP contribution in [-0.4, -0.2) is 23.9 Å². The van der Waals surface area contributed by atoms with Crippen molar-refractivity contribution in [3.05, 3.63) is 0 Å². The van der Waals surface area contributed by atoms with Crippen molar-refractivity contribution >= 4 is 6.72 Å². The summed E-state index contributed by atoms with van der Waals surface area (Å²) < 4.78 is 2.07. The Morgan fingerprint density at radius 1 is 1.38 bits per heavy atom. The van der Waals surface area contributed by atoms with Crippen LogP contribution >= 0.6 is 0 Å². The topological polar surface area (TPSA) is 3.01 Å². The molecule has 0 saturated carbocycles. The van der Waals surface area contributed by atoms with Crippen LogP contribution < -0.4 is 0 Å². The molecule has 0 radical (unpaired) electrons. The fourth-order valence-corrected chi connectivity index (χ4v) is 1.28. The SMILES string of the molecule is C=[N+](C)C(C)(C)CCCC(C)CC. The van der Waals surface area contributed by atoms with Gasteiger partial charge < -0.3 is 0 Å². The van der Waals surface area contributed by atoms with E-state index in [4.69, 9.17) is 0 Å². The minimum absolute atomic E-state index is 0.257. The summed E-state index contributed by atoms with van der Waals surface area (Å²) in [4.78, 5) is 0. The van der Waals surface area contributed by atoms with Crippen molar-refractivity contribution in [1.82, 2.24) is 0 Å². The lowest BCUT2D eigenvalue weighted by Crippen LogP contribution is -2.32. The first-order valence-corrected chi connectivity index (χ1v) is 5.44. The molecule has 13 heavy (non-hydrogen) atoms. The van der Waals surface area contributed by atoms with Gasteiger partial charge >= 0.3 is 0 Å². The Labute approximate surface area is 83.9 Å².